The number of halogens is 3. The van der Waals surface area contributed by atoms with Gasteiger partial charge in [-0.3, -0.25) is 9.59 Å². The van der Waals surface area contributed by atoms with Gasteiger partial charge in [0.1, 0.15) is 0 Å². The van der Waals surface area contributed by atoms with E-state index >= 15 is 0 Å². The minimum Gasteiger partial charge on any atom is -0.321 e. The summed E-state index contributed by atoms with van der Waals surface area (Å²) in [6, 6.07) is 21.5. The van der Waals surface area contributed by atoms with E-state index in [1.807, 2.05) is 48.5 Å². The van der Waals surface area contributed by atoms with Crippen molar-refractivity contribution >= 4 is 69.2 Å². The molecule has 0 aliphatic heterocycles. The molecule has 10 heteroatoms. The molecule has 0 fully saturated rings. The van der Waals surface area contributed by atoms with Gasteiger partial charge in [-0.25, -0.2) is 4.98 Å². The lowest BCUT2D eigenvalue weighted by molar-refractivity contribution is 0.899. The van der Waals surface area contributed by atoms with Gasteiger partial charge in [-0.05, 0) is 54.2 Å². The van der Waals surface area contributed by atoms with Gasteiger partial charge in [0.15, 0.2) is 5.16 Å². The Morgan fingerprint density at radius 1 is 0.833 bits per heavy atom. The van der Waals surface area contributed by atoms with Crippen molar-refractivity contribution in [2.45, 2.75) is 20.7 Å². The molecule has 2 heterocycles. The summed E-state index contributed by atoms with van der Waals surface area (Å²) in [6.45, 7) is 0. The third-order valence-corrected chi connectivity index (χ3v) is 8.09. The topological polar surface area (TPSA) is 78.6 Å². The van der Waals surface area contributed by atoms with Gasteiger partial charge in [0.05, 0.1) is 16.1 Å². The van der Waals surface area contributed by atoms with Crippen LogP contribution >= 0.6 is 58.3 Å². The maximum Gasteiger partial charge on any atom is 0.263 e. The van der Waals surface area contributed by atoms with E-state index in [1.54, 1.807) is 18.2 Å². The molecule has 0 amide bonds. The third-order valence-electron chi connectivity index (χ3n) is 5.25. The number of hydrogen-bond acceptors (Lipinski definition) is 5. The molecule has 0 aliphatic rings. The Labute approximate surface area is 229 Å². The lowest BCUT2D eigenvalue weighted by Crippen LogP contribution is -2.13. The second-order valence-electron chi connectivity index (χ2n) is 7.71. The summed E-state index contributed by atoms with van der Waals surface area (Å²) in [4.78, 5) is 37.3. The zero-order chi connectivity index (χ0) is 25.2. The smallest absolute Gasteiger partial charge is 0.263 e. The summed E-state index contributed by atoms with van der Waals surface area (Å²) in [6.07, 6.45) is 0. The van der Waals surface area contributed by atoms with Crippen molar-refractivity contribution in [3.05, 3.63) is 114 Å². The highest BCUT2D eigenvalue weighted by molar-refractivity contribution is 7.99. The number of thioether (sulfide) groups is 1. The fourth-order valence-corrected chi connectivity index (χ4v) is 5.96. The van der Waals surface area contributed by atoms with E-state index in [2.05, 4.69) is 15.0 Å². The molecular formula is C26H16Cl3N3O2S2. The standard InChI is InChI=1S/C26H16Cl3N3O2S2/c27-14-5-8-17(9-6-14)35-13-16-12-22(33)32-26(30-16)36-24-23(18-3-1-2-4-20(18)29)19-10-7-15(28)11-21(19)31-25(24)34/h1-12H,13H2,(H,31,34)(H,30,32,33). The SMILES string of the molecule is O=c1cc(CSc2ccc(Cl)cc2)nc(Sc2c(-c3ccccc3Cl)c3ccc(Cl)cc3[nH]c2=O)[nH]1. The van der Waals surface area contributed by atoms with Gasteiger partial charge in [0, 0.05) is 48.3 Å². The fourth-order valence-electron chi connectivity index (χ4n) is 3.67. The third kappa shape index (κ3) is 5.51. The number of nitrogens with one attached hydrogen (secondary N) is 2. The Bertz CT molecular complexity index is 1700. The molecule has 2 aromatic heterocycles. The summed E-state index contributed by atoms with van der Waals surface area (Å²) in [5, 5.41) is 2.73. The predicted molar refractivity (Wildman–Crippen MR) is 150 cm³/mol. The first-order valence-electron chi connectivity index (χ1n) is 10.6. The second-order valence-corrected chi connectivity index (χ2v) is 11.0. The number of pyridine rings is 1. The molecule has 5 aromatic rings. The summed E-state index contributed by atoms with van der Waals surface area (Å²) < 4.78 is 0. The quantitative estimate of drug-likeness (QED) is 0.161. The molecule has 0 saturated carbocycles. The monoisotopic (exact) mass is 571 g/mol. The summed E-state index contributed by atoms with van der Waals surface area (Å²) in [5.74, 6) is 0.475. The van der Waals surface area contributed by atoms with Crippen LogP contribution in [0.2, 0.25) is 15.1 Å². The van der Waals surface area contributed by atoms with Crippen LogP contribution in [-0.2, 0) is 5.75 Å². The van der Waals surface area contributed by atoms with Crippen LogP contribution in [0.15, 0.2) is 97.3 Å². The Balaban J connectivity index is 1.57. The highest BCUT2D eigenvalue weighted by atomic mass is 35.5. The van der Waals surface area contributed by atoms with Gasteiger partial charge in [-0.1, -0.05) is 59.1 Å². The molecular weight excluding hydrogens is 557 g/mol. The van der Waals surface area contributed by atoms with E-state index in [4.69, 9.17) is 34.8 Å². The molecule has 3 aromatic carbocycles. The molecule has 0 unspecified atom stereocenters. The molecule has 180 valence electrons. The molecule has 0 saturated heterocycles. The molecule has 0 radical (unpaired) electrons. The zero-order valence-electron chi connectivity index (χ0n) is 18.3. The van der Waals surface area contributed by atoms with Crippen LogP contribution in [0.4, 0.5) is 0 Å². The van der Waals surface area contributed by atoms with Gasteiger partial charge < -0.3 is 9.97 Å². The second kappa shape index (κ2) is 10.7. The molecule has 36 heavy (non-hydrogen) atoms. The molecule has 0 aliphatic carbocycles. The minimum atomic E-state index is -0.340. The number of H-pyrrole nitrogens is 2. The van der Waals surface area contributed by atoms with Gasteiger partial charge >= 0.3 is 0 Å². The summed E-state index contributed by atoms with van der Waals surface area (Å²) in [7, 11) is 0. The number of rotatable bonds is 6. The zero-order valence-corrected chi connectivity index (χ0v) is 22.3. The van der Waals surface area contributed by atoms with Crippen LogP contribution in [0.25, 0.3) is 22.0 Å². The predicted octanol–water partition coefficient (Wildman–Crippen LogP) is 7.68. The van der Waals surface area contributed by atoms with Gasteiger partial charge in [0.2, 0.25) is 0 Å². The van der Waals surface area contributed by atoms with Crippen LogP contribution in [-0.4, -0.2) is 15.0 Å². The normalized spacial score (nSPS) is 11.2. The van der Waals surface area contributed by atoms with Crippen LogP contribution < -0.4 is 11.1 Å². The van der Waals surface area contributed by atoms with Gasteiger partial charge in [0.25, 0.3) is 11.1 Å². The largest absolute Gasteiger partial charge is 0.321 e. The van der Waals surface area contributed by atoms with E-state index in [-0.39, 0.29) is 11.1 Å². The Hall–Kier alpha value is -2.68. The van der Waals surface area contributed by atoms with Crippen molar-refractivity contribution in [3.8, 4) is 11.1 Å². The average Bonchev–Trinajstić information content (AvgIpc) is 2.84. The first kappa shape index (κ1) is 25.0. The average molecular weight is 573 g/mol. The van der Waals surface area contributed by atoms with Crippen molar-refractivity contribution in [1.82, 2.24) is 15.0 Å². The van der Waals surface area contributed by atoms with Crippen LogP contribution in [0.5, 0.6) is 0 Å². The Morgan fingerprint density at radius 2 is 1.58 bits per heavy atom. The van der Waals surface area contributed by atoms with Crippen molar-refractivity contribution in [1.29, 1.82) is 0 Å². The van der Waals surface area contributed by atoms with Gasteiger partial charge in [-0.2, -0.15) is 0 Å². The molecule has 0 spiro atoms. The molecule has 0 bridgehead atoms. The summed E-state index contributed by atoms with van der Waals surface area (Å²) >= 11 is 21.3. The van der Waals surface area contributed by atoms with Crippen molar-refractivity contribution in [2.24, 2.45) is 0 Å². The molecule has 2 N–H and O–H groups in total. The maximum atomic E-state index is 13.3. The Kier molecular flexibility index (Phi) is 7.46. The molecule has 5 nitrogen and oxygen atoms in total. The van der Waals surface area contributed by atoms with E-state index < -0.39 is 0 Å². The first-order valence-corrected chi connectivity index (χ1v) is 13.6. The number of nitrogens with zero attached hydrogens (tertiary/aromatic N) is 1. The Morgan fingerprint density at radius 3 is 2.36 bits per heavy atom. The van der Waals surface area contributed by atoms with Crippen LogP contribution in [0.1, 0.15) is 5.69 Å². The van der Waals surface area contributed by atoms with E-state index in [1.165, 1.54) is 17.8 Å². The number of fused-ring (bicyclic) bond motifs is 1. The van der Waals surface area contributed by atoms with Crippen molar-refractivity contribution < 1.29 is 0 Å². The molecule has 0 atom stereocenters. The van der Waals surface area contributed by atoms with Crippen molar-refractivity contribution in [2.75, 3.05) is 0 Å². The fraction of sp³-hybridized carbons (Fsp3) is 0.0385. The lowest BCUT2D eigenvalue weighted by Gasteiger charge is -2.14. The van der Waals surface area contributed by atoms with E-state index in [0.717, 1.165) is 22.0 Å². The van der Waals surface area contributed by atoms with Crippen LogP contribution in [0, 0.1) is 0 Å². The maximum absolute atomic E-state index is 13.3. The molecule has 5 rings (SSSR count). The first-order chi connectivity index (χ1) is 17.4. The van der Waals surface area contributed by atoms with E-state index in [0.29, 0.717) is 53.2 Å². The van der Waals surface area contributed by atoms with E-state index in [9.17, 15) is 9.59 Å². The number of hydrogen-bond donors (Lipinski definition) is 2. The minimum absolute atomic E-state index is 0.303. The number of aromatic nitrogens is 3. The highest BCUT2D eigenvalue weighted by Crippen LogP contribution is 2.40. The van der Waals surface area contributed by atoms with Crippen molar-refractivity contribution in [3.63, 3.8) is 0 Å². The van der Waals surface area contributed by atoms with Crippen LogP contribution in [0.3, 0.4) is 0 Å². The highest BCUT2D eigenvalue weighted by Gasteiger charge is 2.19. The number of benzene rings is 3. The lowest BCUT2D eigenvalue weighted by atomic mass is 10.0. The summed E-state index contributed by atoms with van der Waals surface area (Å²) in [5.41, 5.74) is 1.86. The van der Waals surface area contributed by atoms with Gasteiger partial charge in [-0.15, -0.1) is 11.8 Å². The number of aromatic amines is 2.